The maximum atomic E-state index is 13.4. The average molecular weight is 353 g/mol. The van der Waals surface area contributed by atoms with Gasteiger partial charge in [-0.15, -0.1) is 0 Å². The van der Waals surface area contributed by atoms with Crippen molar-refractivity contribution in [2.45, 2.75) is 24.9 Å². The first-order valence-electron chi connectivity index (χ1n) is 9.22. The van der Waals surface area contributed by atoms with E-state index in [1.54, 1.807) is 12.1 Å². The second-order valence-electron chi connectivity index (χ2n) is 7.14. The van der Waals surface area contributed by atoms with Crippen LogP contribution in [0.15, 0.2) is 48.5 Å². The summed E-state index contributed by atoms with van der Waals surface area (Å²) < 4.78 is 13.4. The van der Waals surface area contributed by atoms with Crippen molar-refractivity contribution >= 4 is 6.03 Å². The predicted molar refractivity (Wildman–Crippen MR) is 99.5 cm³/mol. The Kier molecular flexibility index (Phi) is 4.64. The molecule has 0 bridgehead atoms. The Labute approximate surface area is 153 Å². The van der Waals surface area contributed by atoms with Gasteiger partial charge >= 0.3 is 6.03 Å². The zero-order valence-corrected chi connectivity index (χ0v) is 15.0. The van der Waals surface area contributed by atoms with Crippen molar-refractivity contribution in [2.24, 2.45) is 0 Å². The van der Waals surface area contributed by atoms with Crippen LogP contribution in [-0.4, -0.2) is 48.6 Å². The predicted octanol–water partition coefficient (Wildman–Crippen LogP) is 3.19. The van der Waals surface area contributed by atoms with E-state index in [2.05, 4.69) is 17.4 Å². The third-order valence-corrected chi connectivity index (χ3v) is 5.60. The summed E-state index contributed by atoms with van der Waals surface area (Å²) in [4.78, 5) is 17.1. The molecule has 2 heterocycles. The van der Waals surface area contributed by atoms with E-state index in [4.69, 9.17) is 0 Å². The molecule has 2 amide bonds. The van der Waals surface area contributed by atoms with Gasteiger partial charge < -0.3 is 15.1 Å². The molecule has 136 valence electrons. The van der Waals surface area contributed by atoms with Crippen molar-refractivity contribution < 1.29 is 9.18 Å². The molecular formula is C21H24FN3O. The minimum Gasteiger partial charge on any atom is -0.323 e. The Morgan fingerprint density at radius 2 is 1.96 bits per heavy atom. The highest BCUT2D eigenvalue weighted by atomic mass is 19.1. The van der Waals surface area contributed by atoms with Crippen LogP contribution in [0.3, 0.4) is 0 Å². The molecule has 26 heavy (non-hydrogen) atoms. The van der Waals surface area contributed by atoms with Crippen LogP contribution in [0.25, 0.3) is 0 Å². The number of likely N-dealkylation sites (N-methyl/N-ethyl adjacent to an activating group) is 1. The van der Waals surface area contributed by atoms with Gasteiger partial charge in [0.15, 0.2) is 0 Å². The maximum absolute atomic E-state index is 13.4. The minimum atomic E-state index is -0.259. The van der Waals surface area contributed by atoms with Crippen molar-refractivity contribution in [3.63, 3.8) is 0 Å². The molecule has 4 rings (SSSR count). The Hall–Kier alpha value is -2.40. The molecule has 0 spiro atoms. The van der Waals surface area contributed by atoms with E-state index in [0.29, 0.717) is 6.54 Å². The molecule has 1 fully saturated rings. The van der Waals surface area contributed by atoms with E-state index in [-0.39, 0.29) is 23.9 Å². The summed E-state index contributed by atoms with van der Waals surface area (Å²) in [6.07, 6.45) is 1.82. The van der Waals surface area contributed by atoms with Crippen LogP contribution >= 0.6 is 0 Å². The average Bonchev–Trinajstić information content (AvgIpc) is 3.21. The van der Waals surface area contributed by atoms with Crippen molar-refractivity contribution in [2.75, 3.05) is 26.7 Å². The van der Waals surface area contributed by atoms with E-state index < -0.39 is 0 Å². The first kappa shape index (κ1) is 17.0. The topological polar surface area (TPSA) is 35.6 Å². The number of carbonyl (C=O) groups excluding carboxylic acids is 1. The van der Waals surface area contributed by atoms with Gasteiger partial charge in [0.2, 0.25) is 0 Å². The number of hydrogen-bond acceptors (Lipinski definition) is 2. The summed E-state index contributed by atoms with van der Waals surface area (Å²) in [5.41, 5.74) is 3.34. The number of benzene rings is 2. The molecule has 0 saturated carbocycles. The molecule has 0 aliphatic carbocycles. The molecule has 1 saturated heterocycles. The highest BCUT2D eigenvalue weighted by Gasteiger charge is 2.35. The second kappa shape index (κ2) is 7.08. The van der Waals surface area contributed by atoms with E-state index in [1.165, 1.54) is 17.7 Å². The molecule has 0 radical (unpaired) electrons. The van der Waals surface area contributed by atoms with E-state index in [0.717, 1.165) is 37.1 Å². The minimum absolute atomic E-state index is 0.0440. The van der Waals surface area contributed by atoms with Gasteiger partial charge in [-0.3, -0.25) is 0 Å². The van der Waals surface area contributed by atoms with Gasteiger partial charge in [-0.25, -0.2) is 9.18 Å². The summed E-state index contributed by atoms with van der Waals surface area (Å²) in [5.74, 6) is -0.259. The van der Waals surface area contributed by atoms with Crippen molar-refractivity contribution in [1.82, 2.24) is 15.1 Å². The van der Waals surface area contributed by atoms with Crippen LogP contribution < -0.4 is 5.32 Å². The highest BCUT2D eigenvalue weighted by Crippen LogP contribution is 2.36. The van der Waals surface area contributed by atoms with Crippen LogP contribution in [-0.2, 0) is 6.42 Å². The fraction of sp³-hybridized carbons (Fsp3) is 0.381. The number of fused-ring (bicyclic) bond motifs is 1. The summed E-state index contributed by atoms with van der Waals surface area (Å²) in [6.45, 7) is 2.46. The third kappa shape index (κ3) is 3.07. The largest absolute Gasteiger partial charge is 0.323 e. The standard InChI is InChI=1S/C21H24FN3O/c1-24(18-10-12-23-14-18)21(26)25-13-11-15-4-2-3-5-19(15)20(25)16-6-8-17(22)9-7-16/h2-9,18,20,23H,10-14H2,1H3/t18?,20-/m0/s1. The Morgan fingerprint density at radius 3 is 2.69 bits per heavy atom. The lowest BCUT2D eigenvalue weighted by molar-refractivity contribution is 0.134. The van der Waals surface area contributed by atoms with Gasteiger partial charge in [-0.05, 0) is 48.2 Å². The molecule has 2 atom stereocenters. The van der Waals surface area contributed by atoms with Crippen LogP contribution in [0.4, 0.5) is 9.18 Å². The molecular weight excluding hydrogens is 329 g/mol. The molecule has 4 nitrogen and oxygen atoms in total. The van der Waals surface area contributed by atoms with Crippen LogP contribution in [0, 0.1) is 5.82 Å². The maximum Gasteiger partial charge on any atom is 0.320 e. The molecule has 2 aromatic rings. The molecule has 2 aliphatic rings. The second-order valence-corrected chi connectivity index (χ2v) is 7.14. The number of nitrogens with zero attached hydrogens (tertiary/aromatic N) is 2. The van der Waals surface area contributed by atoms with Gasteiger partial charge in [0.1, 0.15) is 5.82 Å². The summed E-state index contributed by atoms with van der Waals surface area (Å²) in [5, 5.41) is 3.32. The van der Waals surface area contributed by atoms with Gasteiger partial charge in [-0.2, -0.15) is 0 Å². The van der Waals surface area contributed by atoms with E-state index in [9.17, 15) is 9.18 Å². The Balaban J connectivity index is 1.70. The zero-order chi connectivity index (χ0) is 18.1. The van der Waals surface area contributed by atoms with Crippen LogP contribution in [0.5, 0.6) is 0 Å². The number of carbonyl (C=O) groups is 1. The lowest BCUT2D eigenvalue weighted by atomic mass is 9.88. The number of hydrogen-bond donors (Lipinski definition) is 1. The first-order valence-corrected chi connectivity index (χ1v) is 9.22. The van der Waals surface area contributed by atoms with Crippen molar-refractivity contribution in [3.8, 4) is 0 Å². The Bertz CT molecular complexity index is 786. The van der Waals surface area contributed by atoms with Crippen molar-refractivity contribution in [3.05, 3.63) is 71.0 Å². The summed E-state index contributed by atoms with van der Waals surface area (Å²) in [7, 11) is 1.89. The number of urea groups is 1. The van der Waals surface area contributed by atoms with Gasteiger partial charge in [0.25, 0.3) is 0 Å². The lowest BCUT2D eigenvalue weighted by Crippen LogP contribution is -2.50. The monoisotopic (exact) mass is 353 g/mol. The fourth-order valence-corrected chi connectivity index (χ4v) is 4.11. The first-order chi connectivity index (χ1) is 12.6. The Morgan fingerprint density at radius 1 is 1.19 bits per heavy atom. The normalized spacial score (nSPS) is 22.2. The summed E-state index contributed by atoms with van der Waals surface area (Å²) >= 11 is 0. The number of amides is 2. The summed E-state index contributed by atoms with van der Waals surface area (Å²) in [6, 6.07) is 14.9. The van der Waals surface area contributed by atoms with E-state index >= 15 is 0 Å². The molecule has 1 N–H and O–H groups in total. The molecule has 2 aromatic carbocycles. The van der Waals surface area contributed by atoms with Crippen molar-refractivity contribution in [1.29, 1.82) is 0 Å². The molecule has 1 unspecified atom stereocenters. The highest BCUT2D eigenvalue weighted by molar-refractivity contribution is 5.76. The zero-order valence-electron chi connectivity index (χ0n) is 15.0. The molecule has 0 aromatic heterocycles. The number of rotatable bonds is 2. The number of halogens is 1. The smallest absolute Gasteiger partial charge is 0.320 e. The van der Waals surface area contributed by atoms with Gasteiger partial charge in [-0.1, -0.05) is 36.4 Å². The lowest BCUT2D eigenvalue weighted by Gasteiger charge is -2.41. The molecule has 5 heteroatoms. The van der Waals surface area contributed by atoms with E-state index in [1.807, 2.05) is 29.0 Å². The fourth-order valence-electron chi connectivity index (χ4n) is 4.11. The van der Waals surface area contributed by atoms with Crippen LogP contribution in [0.2, 0.25) is 0 Å². The van der Waals surface area contributed by atoms with Gasteiger partial charge in [0.05, 0.1) is 6.04 Å². The third-order valence-electron chi connectivity index (χ3n) is 5.60. The number of nitrogens with one attached hydrogen (secondary N) is 1. The van der Waals surface area contributed by atoms with Crippen LogP contribution in [0.1, 0.15) is 29.2 Å². The quantitative estimate of drug-likeness (QED) is 0.900. The van der Waals surface area contributed by atoms with Gasteiger partial charge in [0, 0.05) is 26.2 Å². The molecule has 2 aliphatic heterocycles. The SMILES string of the molecule is CN(C(=O)N1CCc2ccccc2[C@@H]1c1ccc(F)cc1)C1CCNC1.